The molecule has 0 unspecified atom stereocenters. The molecule has 0 bridgehead atoms. The number of aromatic hydroxyl groups is 4. The van der Waals surface area contributed by atoms with E-state index in [2.05, 4.69) is 47.8 Å². The fraction of sp³-hybridized carbons (Fsp3) is 0. The summed E-state index contributed by atoms with van der Waals surface area (Å²) in [6, 6.07) is 3.47. The molecule has 0 atom stereocenters. The van der Waals surface area contributed by atoms with Gasteiger partial charge in [-0.25, -0.2) is 0 Å². The van der Waals surface area contributed by atoms with E-state index in [1.807, 2.05) is 0 Å². The third-order valence-corrected chi connectivity index (χ3v) is 4.76. The predicted octanol–water partition coefficient (Wildman–Crippen LogP) is 4.03. The second-order valence-corrected chi connectivity index (χ2v) is 6.57. The highest BCUT2D eigenvalue weighted by Gasteiger charge is 2.24. The van der Waals surface area contributed by atoms with Crippen molar-refractivity contribution in [3.63, 3.8) is 0 Å². The number of rotatable bonds is 2. The largest absolute Gasteiger partial charge is 0.504 e. The summed E-state index contributed by atoms with van der Waals surface area (Å²) in [4.78, 5) is 12.6. The molecule has 110 valence electrons. The van der Waals surface area contributed by atoms with Crippen molar-refractivity contribution in [1.82, 2.24) is 0 Å². The molecule has 0 fully saturated rings. The Morgan fingerprint density at radius 3 is 1.95 bits per heavy atom. The van der Waals surface area contributed by atoms with E-state index in [0.717, 1.165) is 6.07 Å². The molecule has 0 spiro atoms. The Labute approximate surface area is 144 Å². The highest BCUT2D eigenvalue weighted by atomic mass is 79.9. The highest BCUT2D eigenvalue weighted by Crippen LogP contribution is 2.42. The van der Waals surface area contributed by atoms with Crippen LogP contribution < -0.4 is 0 Å². The number of phenols is 4. The number of carbonyl (C=O) groups is 1. The Morgan fingerprint density at radius 2 is 1.33 bits per heavy atom. The van der Waals surface area contributed by atoms with Gasteiger partial charge in [0.15, 0.2) is 28.8 Å². The first-order valence-electron chi connectivity index (χ1n) is 5.40. The third kappa shape index (κ3) is 2.88. The van der Waals surface area contributed by atoms with E-state index in [4.69, 9.17) is 0 Å². The van der Waals surface area contributed by atoms with Crippen molar-refractivity contribution in [2.75, 3.05) is 0 Å². The average molecular weight is 483 g/mol. The Balaban J connectivity index is 2.66. The van der Waals surface area contributed by atoms with Gasteiger partial charge in [-0.05, 0) is 66.0 Å². The minimum Gasteiger partial charge on any atom is -0.504 e. The van der Waals surface area contributed by atoms with E-state index in [9.17, 15) is 25.2 Å². The van der Waals surface area contributed by atoms with Crippen LogP contribution in [0.2, 0.25) is 0 Å². The monoisotopic (exact) mass is 480 g/mol. The summed E-state index contributed by atoms with van der Waals surface area (Å²) in [7, 11) is 0. The maximum atomic E-state index is 12.6. The molecule has 2 aromatic carbocycles. The van der Waals surface area contributed by atoms with Crippen LogP contribution in [-0.2, 0) is 0 Å². The zero-order valence-electron chi connectivity index (χ0n) is 10.1. The molecule has 0 saturated heterocycles. The molecular formula is C13H7Br3O5. The van der Waals surface area contributed by atoms with Gasteiger partial charge in [-0.1, -0.05) is 0 Å². The zero-order valence-corrected chi connectivity index (χ0v) is 14.8. The fourth-order valence-corrected chi connectivity index (χ4v) is 3.63. The molecule has 0 aliphatic heterocycles. The van der Waals surface area contributed by atoms with Crippen molar-refractivity contribution in [3.8, 4) is 23.0 Å². The molecule has 0 saturated carbocycles. The molecule has 2 aromatic rings. The van der Waals surface area contributed by atoms with E-state index in [-0.39, 0.29) is 30.3 Å². The summed E-state index contributed by atoms with van der Waals surface area (Å²) < 4.78 is 0.544. The molecule has 0 aliphatic rings. The second-order valence-electron chi connectivity index (χ2n) is 4.06. The molecule has 2 rings (SSSR count). The molecule has 0 radical (unpaired) electrons. The smallest absolute Gasteiger partial charge is 0.196 e. The Hall–Kier alpha value is -1.25. The van der Waals surface area contributed by atoms with E-state index in [1.165, 1.54) is 12.1 Å². The minimum absolute atomic E-state index is 0.0128. The lowest BCUT2D eigenvalue weighted by atomic mass is 10.0. The molecule has 4 N–H and O–H groups in total. The molecule has 0 amide bonds. The first kappa shape index (κ1) is 16.1. The molecule has 0 aliphatic carbocycles. The van der Waals surface area contributed by atoms with E-state index in [0.29, 0.717) is 0 Å². The lowest BCUT2D eigenvalue weighted by Crippen LogP contribution is -2.05. The van der Waals surface area contributed by atoms with Crippen molar-refractivity contribution >= 4 is 53.6 Å². The van der Waals surface area contributed by atoms with Crippen LogP contribution in [0.5, 0.6) is 23.0 Å². The topological polar surface area (TPSA) is 98.0 Å². The molecule has 21 heavy (non-hydrogen) atoms. The summed E-state index contributed by atoms with van der Waals surface area (Å²) in [6.45, 7) is 0. The summed E-state index contributed by atoms with van der Waals surface area (Å²) >= 11 is 9.31. The van der Waals surface area contributed by atoms with Crippen LogP contribution in [0.1, 0.15) is 15.9 Å². The van der Waals surface area contributed by atoms with Gasteiger partial charge in [0.2, 0.25) is 0 Å². The highest BCUT2D eigenvalue weighted by molar-refractivity contribution is 9.11. The number of halogens is 3. The van der Waals surface area contributed by atoms with E-state index in [1.54, 1.807) is 0 Å². The van der Waals surface area contributed by atoms with E-state index < -0.39 is 23.0 Å². The van der Waals surface area contributed by atoms with Crippen LogP contribution in [0.15, 0.2) is 31.6 Å². The SMILES string of the molecule is O=C(c1cc(O)c(O)cc1Br)c1c(Br)cc(O)c(O)c1Br. The van der Waals surface area contributed by atoms with Gasteiger partial charge < -0.3 is 20.4 Å². The summed E-state index contributed by atoms with van der Waals surface area (Å²) in [5, 5.41) is 38.1. The van der Waals surface area contributed by atoms with Crippen molar-refractivity contribution in [2.24, 2.45) is 0 Å². The molecular weight excluding hydrogens is 476 g/mol. The van der Waals surface area contributed by atoms with Crippen molar-refractivity contribution in [2.45, 2.75) is 0 Å². The molecule has 0 aromatic heterocycles. The first-order chi connectivity index (χ1) is 9.73. The Kier molecular flexibility index (Phi) is 4.50. The van der Waals surface area contributed by atoms with Crippen LogP contribution in [0, 0.1) is 0 Å². The quantitative estimate of drug-likeness (QED) is 0.383. The van der Waals surface area contributed by atoms with Crippen molar-refractivity contribution in [3.05, 3.63) is 42.7 Å². The van der Waals surface area contributed by atoms with Gasteiger partial charge in [0.05, 0.1) is 10.0 Å². The van der Waals surface area contributed by atoms with Crippen LogP contribution in [0.3, 0.4) is 0 Å². The lowest BCUT2D eigenvalue weighted by Gasteiger charge is -2.11. The standard InChI is InChI=1S/C13H7Br3O5/c14-5-2-8(18)7(17)1-4(5)12(20)10-6(15)3-9(19)13(21)11(10)16/h1-3,17-19,21H. The lowest BCUT2D eigenvalue weighted by molar-refractivity contribution is 0.103. The summed E-state index contributed by atoms with van der Waals surface area (Å²) in [5.74, 6) is -2.22. The Bertz CT molecular complexity index is 758. The first-order valence-corrected chi connectivity index (χ1v) is 7.78. The van der Waals surface area contributed by atoms with Gasteiger partial charge in [0.25, 0.3) is 0 Å². The van der Waals surface area contributed by atoms with Crippen molar-refractivity contribution in [1.29, 1.82) is 0 Å². The average Bonchev–Trinajstić information content (AvgIpc) is 2.40. The van der Waals surface area contributed by atoms with Crippen LogP contribution >= 0.6 is 47.8 Å². The third-order valence-electron chi connectivity index (χ3n) is 2.71. The molecule has 0 heterocycles. The van der Waals surface area contributed by atoms with Gasteiger partial charge in [-0.3, -0.25) is 4.79 Å². The van der Waals surface area contributed by atoms with Gasteiger partial charge >= 0.3 is 0 Å². The fourth-order valence-electron chi connectivity index (χ4n) is 1.66. The number of ketones is 1. The van der Waals surface area contributed by atoms with Crippen LogP contribution in [-0.4, -0.2) is 26.2 Å². The number of benzene rings is 2. The number of hydrogen-bond donors (Lipinski definition) is 4. The van der Waals surface area contributed by atoms with Crippen molar-refractivity contribution < 1.29 is 25.2 Å². The normalized spacial score (nSPS) is 10.6. The number of phenolic OH excluding ortho intramolecular Hbond substituents is 4. The van der Waals surface area contributed by atoms with Gasteiger partial charge in [-0.15, -0.1) is 0 Å². The van der Waals surface area contributed by atoms with Gasteiger partial charge in [-0.2, -0.15) is 0 Å². The van der Waals surface area contributed by atoms with Crippen LogP contribution in [0.4, 0.5) is 0 Å². The maximum absolute atomic E-state index is 12.6. The maximum Gasteiger partial charge on any atom is 0.196 e. The minimum atomic E-state index is -0.536. The summed E-state index contributed by atoms with van der Waals surface area (Å²) in [6.07, 6.45) is 0. The molecule has 8 heteroatoms. The predicted molar refractivity (Wildman–Crippen MR) is 86.1 cm³/mol. The van der Waals surface area contributed by atoms with E-state index >= 15 is 0 Å². The number of hydrogen-bond acceptors (Lipinski definition) is 5. The summed E-state index contributed by atoms with van der Waals surface area (Å²) in [5.41, 5.74) is 0.146. The zero-order chi connectivity index (χ0) is 15.9. The van der Waals surface area contributed by atoms with Gasteiger partial charge in [0, 0.05) is 14.5 Å². The Morgan fingerprint density at radius 1 is 0.810 bits per heavy atom. The second kappa shape index (κ2) is 5.86. The number of carbonyl (C=O) groups excluding carboxylic acids is 1. The molecule has 5 nitrogen and oxygen atoms in total. The van der Waals surface area contributed by atoms with Gasteiger partial charge in [0.1, 0.15) is 0 Å². The van der Waals surface area contributed by atoms with Crippen LogP contribution in [0.25, 0.3) is 0 Å².